The number of thiophene rings is 1. The number of hydrogen-bond acceptors (Lipinski definition) is 4. The van der Waals surface area contributed by atoms with Crippen molar-refractivity contribution < 1.29 is 4.21 Å². The monoisotopic (exact) mass is 454 g/mol. The summed E-state index contributed by atoms with van der Waals surface area (Å²) in [6, 6.07) is 4.26. The summed E-state index contributed by atoms with van der Waals surface area (Å²) in [4.78, 5) is 0.949. The van der Waals surface area contributed by atoms with Crippen molar-refractivity contribution in [2.24, 2.45) is 0 Å². The second-order valence-corrected chi connectivity index (χ2v) is 13.1. The molecule has 0 saturated heterocycles. The zero-order valence-corrected chi connectivity index (χ0v) is 18.3. The number of rotatable bonds is 6. The number of nitrogens with zero attached hydrogens (tertiary/aromatic N) is 1. The van der Waals surface area contributed by atoms with Crippen LogP contribution in [0.25, 0.3) is 0 Å². The van der Waals surface area contributed by atoms with E-state index in [4.69, 9.17) is 11.6 Å². The lowest BCUT2D eigenvalue weighted by atomic mass is 10.1. The lowest BCUT2D eigenvalue weighted by Crippen LogP contribution is -2.47. The largest absolute Gasteiger partial charge is 0.242 e. The minimum Gasteiger partial charge on any atom is -0.242 e. The van der Waals surface area contributed by atoms with E-state index in [2.05, 4.69) is 26.7 Å². The third-order valence-electron chi connectivity index (χ3n) is 3.58. The van der Waals surface area contributed by atoms with Crippen LogP contribution in [-0.2, 0) is 16.5 Å². The van der Waals surface area contributed by atoms with Gasteiger partial charge in [-0.05, 0) is 62.5 Å². The highest BCUT2D eigenvalue weighted by Crippen LogP contribution is 2.51. The molecule has 0 amide bonds. The van der Waals surface area contributed by atoms with Crippen LogP contribution in [0.15, 0.2) is 9.85 Å². The fourth-order valence-electron chi connectivity index (χ4n) is 1.90. The molecular weight excluding hydrogens is 436 g/mol. The topological polar surface area (TPSA) is 52.9 Å². The Morgan fingerprint density at radius 1 is 1.52 bits per heavy atom. The predicted octanol–water partition coefficient (Wildman–Crippen LogP) is 5.22. The Bertz CT molecular complexity index is 661. The van der Waals surface area contributed by atoms with E-state index in [0.29, 0.717) is 10.8 Å². The van der Waals surface area contributed by atoms with Gasteiger partial charge in [-0.15, -0.1) is 23.1 Å². The molecule has 1 aliphatic rings. The van der Waals surface area contributed by atoms with Crippen LogP contribution >= 0.6 is 50.6 Å². The highest BCUT2D eigenvalue weighted by molar-refractivity contribution is 9.11. The van der Waals surface area contributed by atoms with Gasteiger partial charge in [0.1, 0.15) is 4.75 Å². The molecule has 1 aromatic heterocycles. The Morgan fingerprint density at radius 2 is 2.13 bits per heavy atom. The van der Waals surface area contributed by atoms with Gasteiger partial charge in [-0.2, -0.15) is 5.26 Å². The molecule has 128 valence electrons. The smallest absolute Gasteiger partial charge is 0.103 e. The standard InChI is InChI=1S/C15H20BrClN2OS3/c1-13(2,3)23(20)19-14(4,9-21-15(8-18)5-6-15)12-10(17)7-11(16)22-12/h7,19H,5-6,9H2,1-4H3/t14-,23+/m0/s1. The van der Waals surface area contributed by atoms with Crippen LogP contribution in [0.3, 0.4) is 0 Å². The van der Waals surface area contributed by atoms with Crippen LogP contribution < -0.4 is 4.72 Å². The summed E-state index contributed by atoms with van der Waals surface area (Å²) in [6.07, 6.45) is 1.85. The van der Waals surface area contributed by atoms with Crippen LogP contribution in [0.1, 0.15) is 45.4 Å². The van der Waals surface area contributed by atoms with Crippen molar-refractivity contribution in [1.82, 2.24) is 4.72 Å². The second kappa shape index (κ2) is 6.97. The number of thioether (sulfide) groups is 1. The molecule has 3 nitrogen and oxygen atoms in total. The van der Waals surface area contributed by atoms with Gasteiger partial charge in [-0.25, -0.2) is 8.93 Å². The maximum Gasteiger partial charge on any atom is 0.103 e. The predicted molar refractivity (Wildman–Crippen MR) is 105 cm³/mol. The van der Waals surface area contributed by atoms with Gasteiger partial charge in [0.2, 0.25) is 0 Å². The minimum absolute atomic E-state index is 0.271. The summed E-state index contributed by atoms with van der Waals surface area (Å²) < 4.78 is 16.2. The maximum absolute atomic E-state index is 12.7. The first-order valence-corrected chi connectivity index (χ1v) is 11.3. The quantitative estimate of drug-likeness (QED) is 0.639. The Labute approximate surface area is 162 Å². The molecule has 0 bridgehead atoms. The van der Waals surface area contributed by atoms with E-state index in [1.807, 2.05) is 33.8 Å². The summed E-state index contributed by atoms with van der Waals surface area (Å²) in [5, 5.41) is 9.97. The molecule has 0 unspecified atom stereocenters. The Balaban J connectivity index is 2.28. The van der Waals surface area contributed by atoms with E-state index in [1.54, 1.807) is 23.1 Å². The molecule has 1 aromatic rings. The first-order chi connectivity index (χ1) is 10.5. The molecule has 2 atom stereocenters. The van der Waals surface area contributed by atoms with Crippen molar-refractivity contribution >= 4 is 61.6 Å². The molecule has 0 aromatic carbocycles. The Hall–Kier alpha value is 0.420. The first-order valence-electron chi connectivity index (χ1n) is 7.22. The van der Waals surface area contributed by atoms with Crippen LogP contribution in [0.5, 0.6) is 0 Å². The zero-order chi connectivity index (χ0) is 17.5. The highest BCUT2D eigenvalue weighted by atomic mass is 79.9. The number of nitrogens with one attached hydrogen (secondary N) is 1. The van der Waals surface area contributed by atoms with E-state index in [1.165, 1.54) is 0 Å². The summed E-state index contributed by atoms with van der Waals surface area (Å²) in [5.74, 6) is 0.648. The summed E-state index contributed by atoms with van der Waals surface area (Å²) in [7, 11) is -1.23. The molecule has 1 aliphatic carbocycles. The van der Waals surface area contributed by atoms with Gasteiger partial charge in [0, 0.05) is 10.6 Å². The average Bonchev–Trinajstić information content (AvgIpc) is 3.14. The van der Waals surface area contributed by atoms with Crippen molar-refractivity contribution in [1.29, 1.82) is 5.26 Å². The molecule has 0 radical (unpaired) electrons. The van der Waals surface area contributed by atoms with Gasteiger partial charge in [0.15, 0.2) is 0 Å². The Morgan fingerprint density at radius 3 is 2.52 bits per heavy atom. The van der Waals surface area contributed by atoms with Crippen LogP contribution in [0.4, 0.5) is 0 Å². The van der Waals surface area contributed by atoms with Crippen LogP contribution in [-0.4, -0.2) is 19.5 Å². The van der Waals surface area contributed by atoms with E-state index >= 15 is 0 Å². The molecule has 8 heteroatoms. The normalized spacial score (nSPS) is 20.6. The molecule has 1 saturated carbocycles. The Kier molecular flexibility index (Phi) is 5.98. The van der Waals surface area contributed by atoms with E-state index in [9.17, 15) is 9.47 Å². The molecule has 1 fully saturated rings. The highest BCUT2D eigenvalue weighted by Gasteiger charge is 2.46. The lowest BCUT2D eigenvalue weighted by Gasteiger charge is -2.33. The number of halogens is 2. The van der Waals surface area contributed by atoms with E-state index in [-0.39, 0.29) is 9.49 Å². The van der Waals surface area contributed by atoms with Crippen molar-refractivity contribution in [2.45, 2.75) is 55.6 Å². The fraction of sp³-hybridized carbons (Fsp3) is 0.667. The van der Waals surface area contributed by atoms with Crippen LogP contribution in [0.2, 0.25) is 5.02 Å². The second-order valence-electron chi connectivity index (χ2n) is 6.94. The number of hydrogen-bond donors (Lipinski definition) is 1. The third kappa shape index (κ3) is 4.74. The fourth-order valence-corrected chi connectivity index (χ4v) is 6.50. The van der Waals surface area contributed by atoms with Crippen molar-refractivity contribution in [2.75, 3.05) is 5.75 Å². The molecule has 2 rings (SSSR count). The van der Waals surface area contributed by atoms with Gasteiger partial charge >= 0.3 is 0 Å². The SMILES string of the molecule is CC(C)(C)[S@@](=O)N[C@@](C)(CSC1(C#N)CC1)c1sc(Br)cc1Cl. The summed E-state index contributed by atoms with van der Waals surface area (Å²) in [5.41, 5.74) is -0.553. The summed E-state index contributed by atoms with van der Waals surface area (Å²) in [6.45, 7) is 7.83. The maximum atomic E-state index is 12.7. The van der Waals surface area contributed by atoms with Gasteiger partial charge in [-0.3, -0.25) is 0 Å². The molecule has 1 N–H and O–H groups in total. The molecule has 23 heavy (non-hydrogen) atoms. The lowest BCUT2D eigenvalue weighted by molar-refractivity contribution is 0.505. The summed E-state index contributed by atoms with van der Waals surface area (Å²) >= 11 is 13.0. The molecule has 0 spiro atoms. The van der Waals surface area contributed by atoms with Gasteiger partial charge < -0.3 is 0 Å². The van der Waals surface area contributed by atoms with Gasteiger partial charge in [-0.1, -0.05) is 11.6 Å². The van der Waals surface area contributed by atoms with E-state index in [0.717, 1.165) is 21.5 Å². The molecule has 1 heterocycles. The van der Waals surface area contributed by atoms with Gasteiger partial charge in [0.25, 0.3) is 0 Å². The zero-order valence-electron chi connectivity index (χ0n) is 13.5. The van der Waals surface area contributed by atoms with Gasteiger partial charge in [0.05, 0.1) is 36.1 Å². The van der Waals surface area contributed by atoms with Crippen molar-refractivity contribution in [3.8, 4) is 6.07 Å². The molecular formula is C15H20BrClN2OS3. The van der Waals surface area contributed by atoms with Crippen LogP contribution in [0, 0.1) is 11.3 Å². The average molecular weight is 456 g/mol. The number of nitriles is 1. The van der Waals surface area contributed by atoms with Crippen molar-refractivity contribution in [3.05, 3.63) is 19.8 Å². The van der Waals surface area contributed by atoms with E-state index < -0.39 is 16.5 Å². The minimum atomic E-state index is -1.23. The molecule has 0 aliphatic heterocycles. The van der Waals surface area contributed by atoms with Crippen molar-refractivity contribution in [3.63, 3.8) is 0 Å². The third-order valence-corrected chi connectivity index (χ3v) is 9.41. The first kappa shape index (κ1) is 19.7.